The van der Waals surface area contributed by atoms with E-state index in [-0.39, 0.29) is 16.3 Å². The molecule has 0 saturated carbocycles. The first-order valence-corrected chi connectivity index (χ1v) is 8.63. The Bertz CT molecular complexity index is 1160. The van der Waals surface area contributed by atoms with E-state index in [0.717, 1.165) is 11.6 Å². The molecule has 0 amide bonds. The van der Waals surface area contributed by atoms with E-state index >= 15 is 0 Å². The molecule has 1 aliphatic rings. The van der Waals surface area contributed by atoms with Crippen molar-refractivity contribution in [3.63, 3.8) is 0 Å². The van der Waals surface area contributed by atoms with Gasteiger partial charge in [-0.15, -0.1) is 0 Å². The maximum atomic E-state index is 13.3. The van der Waals surface area contributed by atoms with Crippen LogP contribution in [0.5, 0.6) is 11.6 Å². The van der Waals surface area contributed by atoms with E-state index < -0.39 is 11.4 Å². The lowest BCUT2D eigenvalue weighted by atomic mass is 10.1. The zero-order valence-electron chi connectivity index (χ0n) is 14.3. The summed E-state index contributed by atoms with van der Waals surface area (Å²) in [5.41, 5.74) is 1.61. The van der Waals surface area contributed by atoms with E-state index in [0.29, 0.717) is 36.8 Å². The Morgan fingerprint density at radius 3 is 3.04 bits per heavy atom. The van der Waals surface area contributed by atoms with Crippen LogP contribution in [-0.2, 0) is 13.0 Å². The third-order valence-corrected chi connectivity index (χ3v) is 4.72. The molecule has 3 aromatic rings. The zero-order chi connectivity index (χ0) is 19.7. The SMILES string of the molecule is N#Cc1cc(F)ccc1Oc1ncnc2c1CCN(c1cn[nH]c(=O)c1Cl)C2. The lowest BCUT2D eigenvalue weighted by molar-refractivity contribution is 0.446. The van der Waals surface area contributed by atoms with Gasteiger partial charge in [-0.1, -0.05) is 11.6 Å². The maximum absolute atomic E-state index is 13.3. The van der Waals surface area contributed by atoms with Crippen molar-refractivity contribution in [3.8, 4) is 17.7 Å². The minimum atomic E-state index is -0.521. The molecule has 140 valence electrons. The first-order chi connectivity index (χ1) is 13.6. The second kappa shape index (κ2) is 7.25. The molecular weight excluding hydrogens is 387 g/mol. The number of aromatic amines is 1. The average molecular weight is 399 g/mol. The number of ether oxygens (including phenoxy) is 1. The Morgan fingerprint density at radius 1 is 1.36 bits per heavy atom. The summed E-state index contributed by atoms with van der Waals surface area (Å²) in [7, 11) is 0. The Morgan fingerprint density at radius 2 is 2.21 bits per heavy atom. The highest BCUT2D eigenvalue weighted by Crippen LogP contribution is 2.32. The molecule has 0 aliphatic carbocycles. The van der Waals surface area contributed by atoms with E-state index in [9.17, 15) is 14.4 Å². The third-order valence-electron chi connectivity index (χ3n) is 4.35. The van der Waals surface area contributed by atoms with E-state index in [4.69, 9.17) is 16.3 Å². The van der Waals surface area contributed by atoms with Crippen molar-refractivity contribution in [1.82, 2.24) is 20.2 Å². The van der Waals surface area contributed by atoms with Gasteiger partial charge in [-0.05, 0) is 24.6 Å². The first-order valence-electron chi connectivity index (χ1n) is 8.25. The number of hydrogen-bond donors (Lipinski definition) is 1. The van der Waals surface area contributed by atoms with Crippen molar-refractivity contribution in [2.45, 2.75) is 13.0 Å². The molecule has 2 aromatic heterocycles. The number of rotatable bonds is 3. The summed E-state index contributed by atoms with van der Waals surface area (Å²) in [6.07, 6.45) is 3.37. The lowest BCUT2D eigenvalue weighted by Gasteiger charge is -2.30. The number of anilines is 1. The van der Waals surface area contributed by atoms with Crippen molar-refractivity contribution >= 4 is 17.3 Å². The summed E-state index contributed by atoms with van der Waals surface area (Å²) < 4.78 is 19.1. The number of nitriles is 1. The zero-order valence-corrected chi connectivity index (χ0v) is 15.1. The minimum absolute atomic E-state index is 0.0638. The predicted octanol–water partition coefficient (Wildman–Crippen LogP) is 2.58. The predicted molar refractivity (Wildman–Crippen MR) is 97.8 cm³/mol. The van der Waals surface area contributed by atoms with Crippen LogP contribution in [0, 0.1) is 17.1 Å². The highest BCUT2D eigenvalue weighted by Gasteiger charge is 2.24. The Hall–Kier alpha value is -3.51. The molecule has 10 heteroatoms. The Labute approximate surface area is 163 Å². The van der Waals surface area contributed by atoms with Gasteiger partial charge < -0.3 is 9.64 Å². The second-order valence-electron chi connectivity index (χ2n) is 6.03. The van der Waals surface area contributed by atoms with Gasteiger partial charge in [0.1, 0.15) is 29.0 Å². The van der Waals surface area contributed by atoms with Crippen molar-refractivity contribution in [3.05, 3.63) is 68.7 Å². The van der Waals surface area contributed by atoms with Crippen molar-refractivity contribution in [2.24, 2.45) is 0 Å². The van der Waals surface area contributed by atoms with E-state index in [1.807, 2.05) is 11.0 Å². The van der Waals surface area contributed by atoms with Gasteiger partial charge in [0.15, 0.2) is 0 Å². The number of aromatic nitrogens is 4. The number of benzene rings is 1. The highest BCUT2D eigenvalue weighted by molar-refractivity contribution is 6.33. The summed E-state index contributed by atoms with van der Waals surface area (Å²) in [6.45, 7) is 0.920. The number of halogens is 2. The molecule has 0 spiro atoms. The fourth-order valence-corrected chi connectivity index (χ4v) is 3.21. The molecule has 0 radical (unpaired) electrons. The van der Waals surface area contributed by atoms with E-state index in [1.54, 1.807) is 0 Å². The highest BCUT2D eigenvalue weighted by atomic mass is 35.5. The fourth-order valence-electron chi connectivity index (χ4n) is 3.00. The molecule has 0 saturated heterocycles. The summed E-state index contributed by atoms with van der Waals surface area (Å²) in [4.78, 5) is 22.1. The molecule has 8 nitrogen and oxygen atoms in total. The monoisotopic (exact) mass is 398 g/mol. The van der Waals surface area contributed by atoms with Gasteiger partial charge >= 0.3 is 0 Å². The van der Waals surface area contributed by atoms with Crippen molar-refractivity contribution in [2.75, 3.05) is 11.4 Å². The standard InChI is InChI=1S/C18H12ClFN6O2/c19-16-14(7-24-25-17(16)27)26-4-3-12-13(8-26)22-9-23-18(12)28-15-2-1-11(20)5-10(15)6-21/h1-2,5,7,9H,3-4,8H2,(H,25,27). The smallest absolute Gasteiger partial charge is 0.285 e. The molecule has 0 unspecified atom stereocenters. The second-order valence-corrected chi connectivity index (χ2v) is 6.41. The summed E-state index contributed by atoms with van der Waals surface area (Å²) >= 11 is 6.09. The molecule has 1 N–H and O–H groups in total. The number of H-pyrrole nitrogens is 1. The number of nitrogens with zero attached hydrogens (tertiary/aromatic N) is 5. The van der Waals surface area contributed by atoms with Gasteiger partial charge in [0, 0.05) is 12.1 Å². The molecule has 1 aliphatic heterocycles. The normalized spacial score (nSPS) is 13.0. The minimum Gasteiger partial charge on any atom is -0.437 e. The molecule has 0 atom stereocenters. The summed E-state index contributed by atoms with van der Waals surface area (Å²) in [5, 5.41) is 15.3. The number of nitrogens with one attached hydrogen (secondary N) is 1. The van der Waals surface area contributed by atoms with Gasteiger partial charge in [-0.2, -0.15) is 10.4 Å². The fraction of sp³-hybridized carbons (Fsp3) is 0.167. The third kappa shape index (κ3) is 3.25. The Kier molecular flexibility index (Phi) is 4.63. The van der Waals surface area contributed by atoms with Crippen LogP contribution in [0.3, 0.4) is 0 Å². The van der Waals surface area contributed by atoms with Crippen LogP contribution in [0.2, 0.25) is 5.02 Å². The van der Waals surface area contributed by atoms with Crippen LogP contribution >= 0.6 is 11.6 Å². The molecule has 4 rings (SSSR count). The molecule has 3 heterocycles. The van der Waals surface area contributed by atoms with Crippen LogP contribution in [-0.4, -0.2) is 26.7 Å². The topological polar surface area (TPSA) is 108 Å². The molecular formula is C18H12ClFN6O2. The van der Waals surface area contributed by atoms with Gasteiger partial charge in [0.2, 0.25) is 5.88 Å². The quantitative estimate of drug-likeness (QED) is 0.722. The van der Waals surface area contributed by atoms with Crippen LogP contribution < -0.4 is 15.2 Å². The average Bonchev–Trinajstić information content (AvgIpc) is 2.71. The molecule has 0 bridgehead atoms. The summed E-state index contributed by atoms with van der Waals surface area (Å²) in [5.74, 6) is 0.00421. The number of fused-ring (bicyclic) bond motifs is 1. The van der Waals surface area contributed by atoms with E-state index in [1.165, 1.54) is 24.7 Å². The molecule has 28 heavy (non-hydrogen) atoms. The lowest BCUT2D eigenvalue weighted by Crippen LogP contribution is -2.33. The van der Waals surface area contributed by atoms with Gasteiger partial charge in [-0.25, -0.2) is 19.5 Å². The van der Waals surface area contributed by atoms with Gasteiger partial charge in [-0.3, -0.25) is 4.79 Å². The number of hydrogen-bond acceptors (Lipinski definition) is 7. The molecule has 0 fully saturated rings. The maximum Gasteiger partial charge on any atom is 0.285 e. The molecule has 1 aromatic carbocycles. The largest absolute Gasteiger partial charge is 0.437 e. The van der Waals surface area contributed by atoms with Crippen molar-refractivity contribution < 1.29 is 9.13 Å². The summed E-state index contributed by atoms with van der Waals surface area (Å²) in [6, 6.07) is 5.61. The van der Waals surface area contributed by atoms with Crippen LogP contribution in [0.15, 0.2) is 35.5 Å². The van der Waals surface area contributed by atoms with Crippen molar-refractivity contribution in [1.29, 1.82) is 5.26 Å². The van der Waals surface area contributed by atoms with Crippen LogP contribution in [0.4, 0.5) is 10.1 Å². The first kappa shape index (κ1) is 17.9. The van der Waals surface area contributed by atoms with Gasteiger partial charge in [0.25, 0.3) is 5.56 Å². The Balaban J connectivity index is 1.65. The van der Waals surface area contributed by atoms with E-state index in [2.05, 4.69) is 20.2 Å². The van der Waals surface area contributed by atoms with Crippen LogP contribution in [0.1, 0.15) is 16.8 Å². The van der Waals surface area contributed by atoms with Gasteiger partial charge in [0.05, 0.1) is 29.7 Å². The van der Waals surface area contributed by atoms with Crippen LogP contribution in [0.25, 0.3) is 0 Å².